The van der Waals surface area contributed by atoms with Crippen molar-refractivity contribution in [1.29, 1.82) is 0 Å². The lowest BCUT2D eigenvalue weighted by atomic mass is 10.1. The smallest absolute Gasteiger partial charge is 0.226 e. The Hall–Kier alpha value is -2.39. The minimum absolute atomic E-state index is 0.109. The Bertz CT molecular complexity index is 1120. The van der Waals surface area contributed by atoms with E-state index in [2.05, 4.69) is 21.8 Å². The summed E-state index contributed by atoms with van der Waals surface area (Å²) in [5, 5.41) is 9.31. The zero-order chi connectivity index (χ0) is 20.4. The highest BCUT2D eigenvalue weighted by molar-refractivity contribution is 7.98. The van der Waals surface area contributed by atoms with Gasteiger partial charge in [0.25, 0.3) is 0 Å². The first-order valence-electron chi connectivity index (χ1n) is 9.34. The van der Waals surface area contributed by atoms with Crippen molar-refractivity contribution in [2.24, 2.45) is 0 Å². The van der Waals surface area contributed by atoms with Gasteiger partial charge < -0.3 is 8.98 Å². The fourth-order valence-corrected chi connectivity index (χ4v) is 5.92. The largest absolute Gasteiger partial charge is 0.444 e. The van der Waals surface area contributed by atoms with Crippen LogP contribution in [0.1, 0.15) is 29.4 Å². The lowest BCUT2D eigenvalue weighted by molar-refractivity contribution is 0.573. The summed E-state index contributed by atoms with van der Waals surface area (Å²) >= 11 is 1.50. The number of hydrogen-bond donors (Lipinski definition) is 0. The molecule has 1 aromatic carbocycles. The van der Waals surface area contributed by atoms with E-state index in [-0.39, 0.29) is 17.4 Å². The maximum absolute atomic E-state index is 11.8. The second kappa shape index (κ2) is 8.16. The standard InChI is InChI=1S/C20H22N4O3S2/c1-3-9-24-18(16-8-10-29(25,26)13-16)22-23-20(24)28-12-17-11-27-19(21-17)15-6-4-14(2)5-7-15/h3-7,11,16H,1,8-10,12-13H2,2H3. The van der Waals surface area contributed by atoms with Gasteiger partial charge in [-0.15, -0.1) is 16.8 Å². The van der Waals surface area contributed by atoms with E-state index < -0.39 is 9.84 Å². The number of allylic oxidation sites excluding steroid dienone is 1. The Morgan fingerprint density at radius 1 is 1.31 bits per heavy atom. The maximum atomic E-state index is 11.8. The molecule has 1 fully saturated rings. The number of nitrogens with zero attached hydrogens (tertiary/aromatic N) is 4. The predicted octanol–water partition coefficient (Wildman–Crippen LogP) is 3.62. The predicted molar refractivity (Wildman–Crippen MR) is 112 cm³/mol. The number of oxazole rings is 1. The van der Waals surface area contributed by atoms with Crippen LogP contribution in [0.3, 0.4) is 0 Å². The lowest BCUT2D eigenvalue weighted by Gasteiger charge is -2.10. The van der Waals surface area contributed by atoms with Crippen LogP contribution in [0.2, 0.25) is 0 Å². The number of benzene rings is 1. The Morgan fingerprint density at radius 2 is 2.10 bits per heavy atom. The van der Waals surface area contributed by atoms with Crippen molar-refractivity contribution in [2.75, 3.05) is 11.5 Å². The van der Waals surface area contributed by atoms with Crippen molar-refractivity contribution in [3.63, 3.8) is 0 Å². The average molecular weight is 431 g/mol. The van der Waals surface area contributed by atoms with Crippen LogP contribution in [0, 0.1) is 6.92 Å². The van der Waals surface area contributed by atoms with Crippen LogP contribution in [0.4, 0.5) is 0 Å². The molecule has 7 nitrogen and oxygen atoms in total. The van der Waals surface area contributed by atoms with E-state index in [0.717, 1.165) is 16.4 Å². The summed E-state index contributed by atoms with van der Waals surface area (Å²) in [5.74, 6) is 2.12. The van der Waals surface area contributed by atoms with Gasteiger partial charge in [-0.25, -0.2) is 13.4 Å². The molecule has 1 aliphatic heterocycles. The van der Waals surface area contributed by atoms with Gasteiger partial charge in [0.1, 0.15) is 12.1 Å². The van der Waals surface area contributed by atoms with Crippen LogP contribution < -0.4 is 0 Å². The summed E-state index contributed by atoms with van der Waals surface area (Å²) in [4.78, 5) is 4.56. The van der Waals surface area contributed by atoms with Gasteiger partial charge in [-0.1, -0.05) is 35.5 Å². The normalized spacial score (nSPS) is 18.2. The SMILES string of the molecule is C=CCn1c(SCc2coc(-c3ccc(C)cc3)n2)nnc1C1CCS(=O)(=O)C1. The van der Waals surface area contributed by atoms with Crippen LogP contribution in [0.5, 0.6) is 0 Å². The molecule has 0 radical (unpaired) electrons. The van der Waals surface area contributed by atoms with Gasteiger partial charge in [-0.05, 0) is 25.5 Å². The second-order valence-corrected chi connectivity index (χ2v) is 10.3. The summed E-state index contributed by atoms with van der Waals surface area (Å²) < 4.78 is 31.2. The van der Waals surface area contributed by atoms with Gasteiger partial charge in [0.15, 0.2) is 15.0 Å². The highest BCUT2D eigenvalue weighted by atomic mass is 32.2. The van der Waals surface area contributed by atoms with Crippen LogP contribution in [-0.2, 0) is 22.1 Å². The lowest BCUT2D eigenvalue weighted by Crippen LogP contribution is -2.11. The molecule has 0 bridgehead atoms. The third-order valence-electron chi connectivity index (χ3n) is 4.85. The van der Waals surface area contributed by atoms with Crippen LogP contribution >= 0.6 is 11.8 Å². The van der Waals surface area contributed by atoms with E-state index in [1.54, 1.807) is 12.3 Å². The van der Waals surface area contributed by atoms with E-state index in [9.17, 15) is 8.42 Å². The average Bonchev–Trinajstić information content (AvgIpc) is 3.40. The van der Waals surface area contributed by atoms with Gasteiger partial charge in [0, 0.05) is 23.8 Å². The molecule has 2 aromatic heterocycles. The summed E-state index contributed by atoms with van der Waals surface area (Å²) in [6.45, 7) is 6.38. The maximum Gasteiger partial charge on any atom is 0.226 e. The zero-order valence-corrected chi connectivity index (χ0v) is 17.7. The summed E-state index contributed by atoms with van der Waals surface area (Å²) in [5.41, 5.74) is 2.93. The van der Waals surface area contributed by atoms with Gasteiger partial charge in [0.2, 0.25) is 5.89 Å². The number of rotatable bonds is 7. The van der Waals surface area contributed by atoms with Crippen molar-refractivity contribution in [2.45, 2.75) is 36.7 Å². The molecule has 0 amide bonds. The topological polar surface area (TPSA) is 90.9 Å². The number of hydrogen-bond acceptors (Lipinski definition) is 7. The van der Waals surface area contributed by atoms with E-state index in [1.807, 2.05) is 35.8 Å². The Labute approximate surface area is 174 Å². The van der Waals surface area contributed by atoms with Crippen molar-refractivity contribution in [1.82, 2.24) is 19.7 Å². The minimum Gasteiger partial charge on any atom is -0.444 e. The number of sulfone groups is 1. The molecule has 152 valence electrons. The van der Waals surface area contributed by atoms with E-state index in [4.69, 9.17) is 4.42 Å². The van der Waals surface area contributed by atoms with Crippen molar-refractivity contribution in [3.8, 4) is 11.5 Å². The number of thioether (sulfide) groups is 1. The molecule has 0 aliphatic carbocycles. The van der Waals surface area contributed by atoms with Crippen LogP contribution in [0.25, 0.3) is 11.5 Å². The molecule has 0 N–H and O–H groups in total. The van der Waals surface area contributed by atoms with E-state index in [1.165, 1.54) is 17.3 Å². The first kappa shape index (κ1) is 19.9. The van der Waals surface area contributed by atoms with Gasteiger partial charge in [-0.2, -0.15) is 0 Å². The van der Waals surface area contributed by atoms with Crippen LogP contribution in [-0.4, -0.2) is 39.7 Å². The molecule has 9 heteroatoms. The molecule has 1 saturated heterocycles. The number of aryl methyl sites for hydroxylation is 1. The second-order valence-electron chi connectivity index (χ2n) is 7.14. The highest BCUT2D eigenvalue weighted by Crippen LogP contribution is 2.31. The molecular formula is C20H22N4O3S2. The van der Waals surface area contributed by atoms with Crippen molar-refractivity contribution >= 4 is 21.6 Å². The van der Waals surface area contributed by atoms with Crippen molar-refractivity contribution in [3.05, 3.63) is 60.3 Å². The molecule has 3 heterocycles. The zero-order valence-electron chi connectivity index (χ0n) is 16.1. The Kier molecular flexibility index (Phi) is 5.60. The third kappa shape index (κ3) is 4.45. The molecule has 1 unspecified atom stereocenters. The molecule has 4 rings (SSSR count). The van der Waals surface area contributed by atoms with Crippen LogP contribution in [0.15, 0.2) is 52.8 Å². The van der Waals surface area contributed by atoms with Gasteiger partial charge >= 0.3 is 0 Å². The van der Waals surface area contributed by atoms with Crippen molar-refractivity contribution < 1.29 is 12.8 Å². The summed E-state index contributed by atoms with van der Waals surface area (Å²) in [6.07, 6.45) is 4.01. The van der Waals surface area contributed by atoms with E-state index in [0.29, 0.717) is 30.4 Å². The summed E-state index contributed by atoms with van der Waals surface area (Å²) in [7, 11) is -2.98. The fourth-order valence-electron chi connectivity index (χ4n) is 3.35. The van der Waals surface area contributed by atoms with Gasteiger partial charge in [-0.3, -0.25) is 0 Å². The Morgan fingerprint density at radius 3 is 2.79 bits per heavy atom. The summed E-state index contributed by atoms with van der Waals surface area (Å²) in [6, 6.07) is 8.02. The first-order chi connectivity index (χ1) is 13.9. The molecule has 1 aliphatic rings. The molecule has 1 atom stereocenters. The minimum atomic E-state index is -2.98. The molecule has 3 aromatic rings. The third-order valence-corrected chi connectivity index (χ3v) is 7.62. The monoisotopic (exact) mass is 430 g/mol. The fraction of sp³-hybridized carbons (Fsp3) is 0.350. The molecule has 0 saturated carbocycles. The molecular weight excluding hydrogens is 408 g/mol. The highest BCUT2D eigenvalue weighted by Gasteiger charge is 2.33. The molecule has 0 spiro atoms. The first-order valence-corrected chi connectivity index (χ1v) is 12.1. The quantitative estimate of drug-likeness (QED) is 0.418. The van der Waals surface area contributed by atoms with E-state index >= 15 is 0 Å². The van der Waals surface area contributed by atoms with Gasteiger partial charge in [0.05, 0.1) is 17.2 Å². The molecule has 29 heavy (non-hydrogen) atoms. The Balaban J connectivity index is 1.49. The number of aromatic nitrogens is 4.